The second-order valence-corrected chi connectivity index (χ2v) is 5.68. The van der Waals surface area contributed by atoms with Crippen LogP contribution in [0, 0.1) is 6.92 Å². The highest BCUT2D eigenvalue weighted by Gasteiger charge is 2.17. The quantitative estimate of drug-likeness (QED) is 0.798. The first-order chi connectivity index (χ1) is 10.4. The number of phenols is 1. The maximum atomic E-state index is 12.0. The van der Waals surface area contributed by atoms with Crippen LogP contribution in [-0.2, 0) is 0 Å². The fourth-order valence-electron chi connectivity index (χ4n) is 1.97. The van der Waals surface area contributed by atoms with Crippen LogP contribution >= 0.6 is 23.2 Å². The Hall–Kier alpha value is -1.75. The van der Waals surface area contributed by atoms with Crippen LogP contribution in [0.1, 0.15) is 27.6 Å². The molecule has 1 amide bonds. The van der Waals surface area contributed by atoms with Gasteiger partial charge >= 0.3 is 0 Å². The summed E-state index contributed by atoms with van der Waals surface area (Å²) in [6, 6.07) is 9.52. The van der Waals surface area contributed by atoms with E-state index in [1.54, 1.807) is 37.3 Å². The number of carbonyl (C=O) groups excluding carboxylic acids is 1. The van der Waals surface area contributed by atoms with E-state index < -0.39 is 12.0 Å². The van der Waals surface area contributed by atoms with Gasteiger partial charge in [-0.1, -0.05) is 35.3 Å². The molecule has 0 spiro atoms. The number of aliphatic hydroxyl groups excluding tert-OH is 1. The lowest BCUT2D eigenvalue weighted by Crippen LogP contribution is -2.28. The Morgan fingerprint density at radius 3 is 2.45 bits per heavy atom. The normalized spacial score (nSPS) is 12.0. The summed E-state index contributed by atoms with van der Waals surface area (Å²) in [5, 5.41) is 23.0. The third-order valence-corrected chi connectivity index (χ3v) is 3.92. The van der Waals surface area contributed by atoms with Crippen molar-refractivity contribution in [1.82, 2.24) is 5.32 Å². The molecule has 0 saturated heterocycles. The van der Waals surface area contributed by atoms with Gasteiger partial charge in [-0.2, -0.15) is 0 Å². The van der Waals surface area contributed by atoms with E-state index in [-0.39, 0.29) is 12.3 Å². The molecule has 2 aromatic carbocycles. The van der Waals surface area contributed by atoms with Crippen LogP contribution < -0.4 is 5.32 Å². The first-order valence-corrected chi connectivity index (χ1v) is 7.35. The fraction of sp³-hybridized carbons (Fsp3) is 0.188. The van der Waals surface area contributed by atoms with Crippen molar-refractivity contribution < 1.29 is 15.0 Å². The average Bonchev–Trinajstić information content (AvgIpc) is 2.47. The molecule has 0 bridgehead atoms. The fourth-order valence-corrected chi connectivity index (χ4v) is 2.62. The van der Waals surface area contributed by atoms with Crippen LogP contribution in [0.4, 0.5) is 0 Å². The molecule has 0 radical (unpaired) electrons. The number of aromatic hydroxyl groups is 1. The highest BCUT2D eigenvalue weighted by atomic mass is 35.5. The predicted molar refractivity (Wildman–Crippen MR) is 86.6 cm³/mol. The van der Waals surface area contributed by atoms with Gasteiger partial charge in [-0.15, -0.1) is 0 Å². The van der Waals surface area contributed by atoms with Crippen LogP contribution in [0.2, 0.25) is 10.0 Å². The minimum absolute atomic E-state index is 0.0438. The standard InChI is InChI=1S/C16H15Cl2NO3/c1-9-5-6-10(7-13(9)20)16(22)19-8-14(21)15-11(17)3-2-4-12(15)18/h2-7,14,20-21H,8H2,1H3,(H,19,22). The van der Waals surface area contributed by atoms with Crippen molar-refractivity contribution in [1.29, 1.82) is 0 Å². The number of phenolic OH excluding ortho intramolecular Hbond substituents is 1. The van der Waals surface area contributed by atoms with Gasteiger partial charge in [0.1, 0.15) is 5.75 Å². The van der Waals surface area contributed by atoms with E-state index in [1.807, 2.05) is 0 Å². The van der Waals surface area contributed by atoms with Gasteiger partial charge in [0.15, 0.2) is 0 Å². The molecule has 0 fully saturated rings. The molecule has 0 heterocycles. The summed E-state index contributed by atoms with van der Waals surface area (Å²) in [5.41, 5.74) is 1.36. The van der Waals surface area contributed by atoms with Gasteiger partial charge in [0, 0.05) is 27.7 Å². The van der Waals surface area contributed by atoms with Crippen molar-refractivity contribution in [3.8, 4) is 5.75 Å². The summed E-state index contributed by atoms with van der Waals surface area (Å²) in [5.74, 6) is -0.361. The highest BCUT2D eigenvalue weighted by molar-refractivity contribution is 6.36. The van der Waals surface area contributed by atoms with E-state index in [9.17, 15) is 15.0 Å². The molecule has 2 aromatic rings. The lowest BCUT2D eigenvalue weighted by atomic mass is 10.1. The minimum Gasteiger partial charge on any atom is -0.508 e. The minimum atomic E-state index is -1.02. The first-order valence-electron chi connectivity index (χ1n) is 6.60. The Morgan fingerprint density at radius 1 is 1.23 bits per heavy atom. The Bertz CT molecular complexity index is 684. The topological polar surface area (TPSA) is 69.6 Å². The Kier molecular flexibility index (Phi) is 5.29. The number of aryl methyl sites for hydroxylation is 1. The Labute approximate surface area is 138 Å². The molecule has 2 rings (SSSR count). The Balaban J connectivity index is 2.06. The van der Waals surface area contributed by atoms with Gasteiger partial charge in [0.25, 0.3) is 5.91 Å². The number of rotatable bonds is 4. The molecule has 1 unspecified atom stereocenters. The number of hydrogen-bond donors (Lipinski definition) is 3. The molecule has 0 aliphatic heterocycles. The zero-order chi connectivity index (χ0) is 16.3. The number of nitrogens with one attached hydrogen (secondary N) is 1. The maximum Gasteiger partial charge on any atom is 0.251 e. The van der Waals surface area contributed by atoms with E-state index in [1.165, 1.54) is 6.07 Å². The molecular weight excluding hydrogens is 325 g/mol. The number of aliphatic hydroxyl groups is 1. The summed E-state index contributed by atoms with van der Waals surface area (Å²) in [4.78, 5) is 12.0. The van der Waals surface area contributed by atoms with Gasteiger partial charge in [-0.3, -0.25) is 4.79 Å². The SMILES string of the molecule is Cc1ccc(C(=O)NCC(O)c2c(Cl)cccc2Cl)cc1O. The Morgan fingerprint density at radius 2 is 1.86 bits per heavy atom. The second-order valence-electron chi connectivity index (χ2n) is 4.86. The summed E-state index contributed by atoms with van der Waals surface area (Å²) < 4.78 is 0. The summed E-state index contributed by atoms with van der Waals surface area (Å²) >= 11 is 12.0. The number of carbonyl (C=O) groups is 1. The molecule has 1 atom stereocenters. The number of benzene rings is 2. The number of hydrogen-bond acceptors (Lipinski definition) is 3. The maximum absolute atomic E-state index is 12.0. The monoisotopic (exact) mass is 339 g/mol. The molecule has 0 aliphatic rings. The summed E-state index contributed by atoms with van der Waals surface area (Å²) in [7, 11) is 0. The van der Waals surface area contributed by atoms with Gasteiger partial charge in [0.05, 0.1) is 6.10 Å². The van der Waals surface area contributed by atoms with E-state index in [0.29, 0.717) is 26.7 Å². The zero-order valence-electron chi connectivity index (χ0n) is 11.8. The molecule has 116 valence electrons. The molecule has 0 saturated carbocycles. The predicted octanol–water partition coefficient (Wildman–Crippen LogP) is 3.47. The van der Waals surface area contributed by atoms with Gasteiger partial charge < -0.3 is 15.5 Å². The summed E-state index contributed by atoms with van der Waals surface area (Å²) in [6.07, 6.45) is -1.02. The molecular formula is C16H15Cl2NO3. The third-order valence-electron chi connectivity index (χ3n) is 3.26. The van der Waals surface area contributed by atoms with E-state index in [0.717, 1.165) is 0 Å². The molecule has 4 nitrogen and oxygen atoms in total. The zero-order valence-corrected chi connectivity index (χ0v) is 13.3. The van der Waals surface area contributed by atoms with Crippen LogP contribution in [-0.4, -0.2) is 22.7 Å². The van der Waals surface area contributed by atoms with E-state index >= 15 is 0 Å². The largest absolute Gasteiger partial charge is 0.508 e. The molecule has 0 aromatic heterocycles. The van der Waals surface area contributed by atoms with Crippen LogP contribution in [0.3, 0.4) is 0 Å². The van der Waals surface area contributed by atoms with Crippen molar-refractivity contribution in [2.24, 2.45) is 0 Å². The third kappa shape index (κ3) is 3.71. The molecule has 22 heavy (non-hydrogen) atoms. The van der Waals surface area contributed by atoms with Gasteiger partial charge in [-0.05, 0) is 36.8 Å². The van der Waals surface area contributed by atoms with Crippen molar-refractivity contribution in [2.75, 3.05) is 6.54 Å². The number of halogens is 2. The summed E-state index contributed by atoms with van der Waals surface area (Å²) in [6.45, 7) is 1.69. The van der Waals surface area contributed by atoms with Gasteiger partial charge in [-0.25, -0.2) is 0 Å². The van der Waals surface area contributed by atoms with Crippen LogP contribution in [0.5, 0.6) is 5.75 Å². The lowest BCUT2D eigenvalue weighted by molar-refractivity contribution is 0.0916. The smallest absolute Gasteiger partial charge is 0.251 e. The number of amides is 1. The lowest BCUT2D eigenvalue weighted by Gasteiger charge is -2.15. The molecule has 6 heteroatoms. The van der Waals surface area contributed by atoms with Crippen molar-refractivity contribution >= 4 is 29.1 Å². The van der Waals surface area contributed by atoms with Crippen LogP contribution in [0.15, 0.2) is 36.4 Å². The van der Waals surface area contributed by atoms with Crippen molar-refractivity contribution in [3.63, 3.8) is 0 Å². The van der Waals surface area contributed by atoms with Crippen molar-refractivity contribution in [2.45, 2.75) is 13.0 Å². The first kappa shape index (κ1) is 16.6. The van der Waals surface area contributed by atoms with Gasteiger partial charge in [0.2, 0.25) is 0 Å². The van der Waals surface area contributed by atoms with E-state index in [4.69, 9.17) is 23.2 Å². The average molecular weight is 340 g/mol. The molecule has 3 N–H and O–H groups in total. The second kappa shape index (κ2) is 7.01. The van der Waals surface area contributed by atoms with E-state index in [2.05, 4.69) is 5.32 Å². The van der Waals surface area contributed by atoms with Crippen LogP contribution in [0.25, 0.3) is 0 Å². The highest BCUT2D eigenvalue weighted by Crippen LogP contribution is 2.29. The molecule has 0 aliphatic carbocycles. The van der Waals surface area contributed by atoms with Crippen molar-refractivity contribution in [3.05, 3.63) is 63.1 Å².